The highest BCUT2D eigenvalue weighted by Gasteiger charge is 2.22. The number of amides is 2. The van der Waals surface area contributed by atoms with Gasteiger partial charge in [-0.05, 0) is 19.8 Å². The summed E-state index contributed by atoms with van der Waals surface area (Å²) in [7, 11) is 1.70. The minimum Gasteiger partial charge on any atom is -0.393 e. The van der Waals surface area contributed by atoms with Gasteiger partial charge in [0.15, 0.2) is 0 Å². The van der Waals surface area contributed by atoms with Crippen molar-refractivity contribution in [3.05, 3.63) is 24.6 Å². The maximum absolute atomic E-state index is 12.3. The SMILES string of the molecule is CC/C=C/CN(C(=O)C(=O)N/C=C/NC)/C(C)=N/COCCCC. The largest absolute Gasteiger partial charge is 0.393 e. The molecule has 0 rings (SSSR count). The van der Waals surface area contributed by atoms with Gasteiger partial charge in [0, 0.05) is 32.6 Å². The van der Waals surface area contributed by atoms with Gasteiger partial charge in [-0.15, -0.1) is 0 Å². The number of ether oxygens (including phenoxy) is 1. The minimum absolute atomic E-state index is 0.175. The van der Waals surface area contributed by atoms with Crippen LogP contribution in [0.15, 0.2) is 29.5 Å². The second-order valence-electron chi connectivity index (χ2n) is 4.99. The molecule has 0 aromatic heterocycles. The van der Waals surface area contributed by atoms with E-state index in [4.69, 9.17) is 4.74 Å². The molecule has 0 aliphatic rings. The van der Waals surface area contributed by atoms with Gasteiger partial charge < -0.3 is 15.4 Å². The highest BCUT2D eigenvalue weighted by molar-refractivity contribution is 6.38. The van der Waals surface area contributed by atoms with Crippen molar-refractivity contribution in [1.29, 1.82) is 0 Å². The Hall–Kier alpha value is -2.15. The molecular formula is C17H30N4O3. The lowest BCUT2D eigenvalue weighted by Gasteiger charge is -2.20. The van der Waals surface area contributed by atoms with E-state index in [1.165, 1.54) is 17.3 Å². The number of nitrogens with zero attached hydrogens (tertiary/aromatic N) is 2. The van der Waals surface area contributed by atoms with Crippen LogP contribution in [0.5, 0.6) is 0 Å². The first-order chi connectivity index (χ1) is 11.6. The molecular weight excluding hydrogens is 308 g/mol. The Balaban J connectivity index is 4.84. The summed E-state index contributed by atoms with van der Waals surface area (Å²) < 4.78 is 5.38. The van der Waals surface area contributed by atoms with Gasteiger partial charge in [-0.2, -0.15) is 0 Å². The van der Waals surface area contributed by atoms with Crippen molar-refractivity contribution >= 4 is 17.6 Å². The lowest BCUT2D eigenvalue weighted by Crippen LogP contribution is -2.44. The quantitative estimate of drug-likeness (QED) is 0.209. The molecule has 0 heterocycles. The number of aliphatic imine (C=N–C) groups is 1. The van der Waals surface area contributed by atoms with Gasteiger partial charge in [-0.1, -0.05) is 32.4 Å². The molecule has 0 unspecified atom stereocenters. The minimum atomic E-state index is -0.715. The monoisotopic (exact) mass is 338 g/mol. The topological polar surface area (TPSA) is 83.0 Å². The second kappa shape index (κ2) is 14.4. The van der Waals surface area contributed by atoms with Gasteiger partial charge in [0.2, 0.25) is 0 Å². The van der Waals surface area contributed by atoms with Gasteiger partial charge in [-0.3, -0.25) is 14.5 Å². The predicted octanol–water partition coefficient (Wildman–Crippen LogP) is 1.78. The van der Waals surface area contributed by atoms with Crippen LogP contribution < -0.4 is 10.6 Å². The van der Waals surface area contributed by atoms with Crippen LogP contribution in [0.25, 0.3) is 0 Å². The molecule has 7 nitrogen and oxygen atoms in total. The molecule has 0 aromatic carbocycles. The average molecular weight is 338 g/mol. The second-order valence-corrected chi connectivity index (χ2v) is 4.99. The van der Waals surface area contributed by atoms with Gasteiger partial charge in [0.25, 0.3) is 0 Å². The van der Waals surface area contributed by atoms with E-state index in [0.29, 0.717) is 19.0 Å². The van der Waals surface area contributed by atoms with E-state index < -0.39 is 11.8 Å². The van der Waals surface area contributed by atoms with Crippen molar-refractivity contribution in [3.63, 3.8) is 0 Å². The zero-order valence-electron chi connectivity index (χ0n) is 15.2. The van der Waals surface area contributed by atoms with Crippen LogP contribution in [0.1, 0.15) is 40.0 Å². The molecule has 24 heavy (non-hydrogen) atoms. The molecule has 0 spiro atoms. The number of rotatable bonds is 10. The Morgan fingerprint density at radius 1 is 1.21 bits per heavy atom. The molecule has 0 fully saturated rings. The number of hydrogen-bond acceptors (Lipinski definition) is 5. The lowest BCUT2D eigenvalue weighted by molar-refractivity contribution is -0.142. The third kappa shape index (κ3) is 9.78. The van der Waals surface area contributed by atoms with Crippen molar-refractivity contribution in [3.8, 4) is 0 Å². The summed E-state index contributed by atoms with van der Waals surface area (Å²) in [4.78, 5) is 29.8. The zero-order chi connectivity index (χ0) is 18.2. The number of unbranched alkanes of at least 4 members (excludes halogenated alkanes) is 1. The van der Waals surface area contributed by atoms with Crippen LogP contribution in [-0.4, -0.2) is 49.5 Å². The zero-order valence-corrected chi connectivity index (χ0v) is 15.2. The number of nitrogens with one attached hydrogen (secondary N) is 2. The first kappa shape index (κ1) is 21.9. The molecule has 0 aliphatic heterocycles. The Morgan fingerprint density at radius 2 is 1.96 bits per heavy atom. The molecule has 0 aromatic rings. The summed E-state index contributed by atoms with van der Waals surface area (Å²) >= 11 is 0. The van der Waals surface area contributed by atoms with Gasteiger partial charge in [0.1, 0.15) is 12.6 Å². The number of allylic oxidation sites excluding steroid dienone is 1. The summed E-state index contributed by atoms with van der Waals surface area (Å²) in [6.45, 7) is 6.87. The third-order valence-electron chi connectivity index (χ3n) is 3.01. The Bertz CT molecular complexity index is 459. The fraction of sp³-hybridized carbons (Fsp3) is 0.588. The molecule has 2 N–H and O–H groups in total. The van der Waals surface area contributed by atoms with Crippen molar-refractivity contribution in [1.82, 2.24) is 15.5 Å². The number of amidine groups is 1. The Kier molecular flexibility index (Phi) is 13.1. The summed E-state index contributed by atoms with van der Waals surface area (Å²) in [6, 6.07) is 0. The molecule has 0 bridgehead atoms. The summed E-state index contributed by atoms with van der Waals surface area (Å²) in [5.41, 5.74) is 0. The fourth-order valence-electron chi connectivity index (χ4n) is 1.63. The third-order valence-corrected chi connectivity index (χ3v) is 3.01. The van der Waals surface area contributed by atoms with Crippen molar-refractivity contribution in [2.45, 2.75) is 40.0 Å². The van der Waals surface area contributed by atoms with E-state index in [2.05, 4.69) is 22.5 Å². The molecule has 0 saturated heterocycles. The van der Waals surface area contributed by atoms with Crippen LogP contribution >= 0.6 is 0 Å². The summed E-state index contributed by atoms with van der Waals surface area (Å²) in [5, 5.41) is 5.14. The number of carbonyl (C=O) groups excluding carboxylic acids is 2. The van der Waals surface area contributed by atoms with Crippen LogP contribution in [0.3, 0.4) is 0 Å². The van der Waals surface area contributed by atoms with Crippen LogP contribution in [-0.2, 0) is 14.3 Å². The summed E-state index contributed by atoms with van der Waals surface area (Å²) in [6.07, 6.45) is 9.55. The van der Waals surface area contributed by atoms with Crippen molar-refractivity contribution in [2.75, 3.05) is 26.9 Å². The predicted molar refractivity (Wildman–Crippen MR) is 96.3 cm³/mol. The van der Waals surface area contributed by atoms with E-state index in [9.17, 15) is 9.59 Å². The molecule has 0 aliphatic carbocycles. The van der Waals surface area contributed by atoms with Crippen LogP contribution in [0.2, 0.25) is 0 Å². The number of carbonyl (C=O) groups is 2. The molecule has 0 radical (unpaired) electrons. The van der Waals surface area contributed by atoms with Crippen LogP contribution in [0.4, 0.5) is 0 Å². The highest BCUT2D eigenvalue weighted by Crippen LogP contribution is 1.98. The smallest absolute Gasteiger partial charge is 0.317 e. The molecule has 2 amide bonds. The van der Waals surface area contributed by atoms with Gasteiger partial charge in [0.05, 0.1) is 0 Å². The van der Waals surface area contributed by atoms with Gasteiger partial charge >= 0.3 is 11.8 Å². The Morgan fingerprint density at radius 3 is 2.58 bits per heavy atom. The number of hydrogen-bond donors (Lipinski definition) is 2. The molecule has 7 heteroatoms. The highest BCUT2D eigenvalue weighted by atomic mass is 16.5. The normalized spacial score (nSPS) is 11.9. The van der Waals surface area contributed by atoms with E-state index in [0.717, 1.165) is 19.3 Å². The summed E-state index contributed by atoms with van der Waals surface area (Å²) in [5.74, 6) is -0.927. The molecule has 0 saturated carbocycles. The molecule has 136 valence electrons. The van der Waals surface area contributed by atoms with E-state index in [1.54, 1.807) is 14.0 Å². The van der Waals surface area contributed by atoms with Crippen molar-refractivity contribution < 1.29 is 14.3 Å². The average Bonchev–Trinajstić information content (AvgIpc) is 2.58. The van der Waals surface area contributed by atoms with E-state index >= 15 is 0 Å². The molecule has 0 atom stereocenters. The fourth-order valence-corrected chi connectivity index (χ4v) is 1.63. The van der Waals surface area contributed by atoms with Crippen LogP contribution in [0, 0.1) is 0 Å². The first-order valence-electron chi connectivity index (χ1n) is 8.26. The lowest BCUT2D eigenvalue weighted by atomic mass is 10.3. The maximum atomic E-state index is 12.3. The van der Waals surface area contributed by atoms with Gasteiger partial charge in [-0.25, -0.2) is 4.99 Å². The maximum Gasteiger partial charge on any atom is 0.317 e. The first-order valence-corrected chi connectivity index (χ1v) is 8.26. The standard InChI is InChI=1S/C17H30N4O3/c1-5-7-9-12-21(15(3)20-14-24-13-8-6-2)17(23)16(22)19-11-10-18-4/h7,9-11,18H,5-6,8,12-14H2,1-4H3,(H,19,22)/b9-7+,11-10+,20-15+. The van der Waals surface area contributed by atoms with Crippen molar-refractivity contribution in [2.24, 2.45) is 4.99 Å². The Labute approximate surface area is 144 Å². The van der Waals surface area contributed by atoms with E-state index in [1.807, 2.05) is 19.1 Å². The van der Waals surface area contributed by atoms with E-state index in [-0.39, 0.29) is 6.73 Å².